The van der Waals surface area contributed by atoms with Crippen LogP contribution in [-0.4, -0.2) is 157 Å². The molecule has 2 aromatic carbocycles. The topological polar surface area (TPSA) is 174 Å². The zero-order valence-electron chi connectivity index (χ0n) is 44.5. The summed E-state index contributed by atoms with van der Waals surface area (Å²) in [7, 11) is 3.07. The number of unbranched alkanes of at least 4 members (excludes halogenated alkanes) is 2. The van der Waals surface area contributed by atoms with E-state index >= 15 is 0 Å². The average Bonchev–Trinajstić information content (AvgIpc) is 3.95. The lowest BCUT2D eigenvalue weighted by Crippen LogP contribution is -2.58. The molecule has 0 aliphatic carbocycles. The fourth-order valence-electron chi connectivity index (χ4n) is 10.1. The van der Waals surface area contributed by atoms with Crippen LogP contribution in [0.15, 0.2) is 36.4 Å². The highest BCUT2D eigenvalue weighted by Crippen LogP contribution is 2.42. The van der Waals surface area contributed by atoms with Gasteiger partial charge in [0.1, 0.15) is 34.8 Å². The summed E-state index contributed by atoms with van der Waals surface area (Å²) in [5, 5.41) is 0. The molecule has 8 atom stereocenters. The Morgan fingerprint density at radius 3 is 1.34 bits per heavy atom. The third kappa shape index (κ3) is 14.6. The van der Waals surface area contributed by atoms with Crippen LogP contribution in [0.3, 0.4) is 0 Å². The van der Waals surface area contributed by atoms with Gasteiger partial charge >= 0.3 is 12.2 Å². The molecule has 6 aliphatic heterocycles. The van der Waals surface area contributed by atoms with Crippen LogP contribution in [0.25, 0.3) is 0 Å². The molecule has 4 saturated heterocycles. The zero-order valence-corrected chi connectivity index (χ0v) is 48.8. The fourth-order valence-corrected chi connectivity index (χ4v) is 11.2. The van der Waals surface area contributed by atoms with E-state index in [1.807, 2.05) is 0 Å². The SMILES string of the molecule is COc1ccc2c(c1)C(=O)N1CCC(OCCCCOC3CCN4C(=O)c5cc(OC)ccc5N(C(=O)OC(C)(C)C)[C@@H](OC5CCCCO5)[C@H]34)[C@H]1[C@H](OC1CCCCO1)N2C(=O)OC(C)(C)C.ICCCCI. The predicted molar refractivity (Wildman–Crippen MR) is 295 cm³/mol. The van der Waals surface area contributed by atoms with E-state index < -0.39 is 72.7 Å². The number of carbonyl (C=O) groups excluding carboxylic acids is 4. The highest BCUT2D eigenvalue weighted by Gasteiger charge is 2.54. The van der Waals surface area contributed by atoms with Crippen molar-refractivity contribution in [1.29, 1.82) is 0 Å². The van der Waals surface area contributed by atoms with Gasteiger partial charge in [0.2, 0.25) is 0 Å². The smallest absolute Gasteiger partial charge is 0.417 e. The van der Waals surface area contributed by atoms with Crippen LogP contribution in [0.1, 0.15) is 139 Å². The number of hydrogen-bond acceptors (Lipinski definition) is 14. The normalized spacial score (nSPS) is 25.9. The maximum absolute atomic E-state index is 14.5. The van der Waals surface area contributed by atoms with Crippen LogP contribution in [0.4, 0.5) is 21.0 Å². The van der Waals surface area contributed by atoms with Gasteiger partial charge in [0.15, 0.2) is 25.0 Å². The van der Waals surface area contributed by atoms with E-state index in [1.54, 1.807) is 87.7 Å². The first-order chi connectivity index (χ1) is 35.5. The van der Waals surface area contributed by atoms with E-state index in [0.717, 1.165) is 25.7 Å². The summed E-state index contributed by atoms with van der Waals surface area (Å²) in [6.07, 6.45) is 4.44. The molecule has 74 heavy (non-hydrogen) atoms. The second-order valence-corrected chi connectivity index (χ2v) is 23.4. The maximum atomic E-state index is 14.5. The van der Waals surface area contributed by atoms with Crippen molar-refractivity contribution < 1.29 is 66.5 Å². The number of carbonyl (C=O) groups is 4. The monoisotopic (exact) mass is 1260 g/mol. The van der Waals surface area contributed by atoms with E-state index in [1.165, 1.54) is 45.7 Å². The van der Waals surface area contributed by atoms with Crippen LogP contribution in [-0.2, 0) is 37.9 Å². The second-order valence-electron chi connectivity index (χ2n) is 21.3. The van der Waals surface area contributed by atoms with E-state index in [9.17, 15) is 19.2 Å². The number of halogens is 2. The number of amides is 4. The Labute approximate surface area is 464 Å². The molecule has 4 fully saturated rings. The highest BCUT2D eigenvalue weighted by molar-refractivity contribution is 14.1. The lowest BCUT2D eigenvalue weighted by Gasteiger charge is -2.40. The minimum atomic E-state index is -0.989. The largest absolute Gasteiger partial charge is 0.497 e. The van der Waals surface area contributed by atoms with Crippen molar-refractivity contribution in [2.45, 2.75) is 179 Å². The lowest BCUT2D eigenvalue weighted by molar-refractivity contribution is -0.202. The van der Waals surface area contributed by atoms with Gasteiger partial charge in [-0.15, -0.1) is 0 Å². The first kappa shape index (κ1) is 58.4. The summed E-state index contributed by atoms with van der Waals surface area (Å²) in [5.74, 6) is 0.427. The Morgan fingerprint density at radius 1 is 0.595 bits per heavy atom. The third-order valence-corrected chi connectivity index (χ3v) is 15.1. The van der Waals surface area contributed by atoms with Crippen molar-refractivity contribution in [3.8, 4) is 11.5 Å². The number of fused-ring (bicyclic) bond motifs is 4. The van der Waals surface area contributed by atoms with Crippen molar-refractivity contribution in [3.05, 3.63) is 47.5 Å². The number of methoxy groups -OCH3 is 2. The van der Waals surface area contributed by atoms with Gasteiger partial charge in [-0.25, -0.2) is 19.4 Å². The van der Waals surface area contributed by atoms with Gasteiger partial charge in [-0.05, 0) is 164 Å². The molecular weight excluding hydrogens is 1180 g/mol. The van der Waals surface area contributed by atoms with Crippen LogP contribution in [0, 0.1) is 0 Å². The Morgan fingerprint density at radius 2 is 1.00 bits per heavy atom. The molecule has 4 unspecified atom stereocenters. The molecule has 2 aromatic rings. The maximum Gasteiger partial charge on any atom is 0.417 e. The minimum absolute atomic E-state index is 0.264. The summed E-state index contributed by atoms with van der Waals surface area (Å²) >= 11 is 4.81. The lowest BCUT2D eigenvalue weighted by atomic mass is 10.1. The van der Waals surface area contributed by atoms with E-state index in [4.69, 9.17) is 47.4 Å². The standard InChI is InChI=1S/C50H70N4O14.C4H8I2/c1-49(2,3)67-47(57)53-35-19-17-31(59-7)29-33(35)43(55)51-23-21-37(41(51)45(53)65-39-15-9-11-27-63-39)61-25-13-14-26-62-38-22-24-52-42(38)46(66-40-16-10-12-28-64-40)54(48(58)68-50(4,5)6)36-20-18-32(60-8)30-34(36)44(52)56;5-3-1-2-4-6/h17-20,29-30,37-42,45-46H,9-16,21-28H2,1-8H3;1-4H2/t37?,38?,39?,40?,41-,42-,45-,46-;/m0./s1. The molecule has 0 radical (unpaired) electrons. The van der Waals surface area contributed by atoms with E-state index in [2.05, 4.69) is 45.2 Å². The molecule has 0 bridgehead atoms. The van der Waals surface area contributed by atoms with Crippen molar-refractivity contribution in [2.75, 3.05) is 72.4 Å². The number of benzene rings is 2. The van der Waals surface area contributed by atoms with E-state index in [-0.39, 0.29) is 11.8 Å². The molecule has 8 rings (SSSR count). The first-order valence-corrected chi connectivity index (χ1v) is 29.4. The first-order valence-electron chi connectivity index (χ1n) is 26.4. The number of ether oxygens (including phenoxy) is 10. The van der Waals surface area contributed by atoms with Crippen LogP contribution < -0.4 is 19.3 Å². The quantitative estimate of drug-likeness (QED) is 0.0882. The highest BCUT2D eigenvalue weighted by atomic mass is 127. The number of rotatable bonds is 16. The van der Waals surface area contributed by atoms with Crippen LogP contribution in [0.5, 0.6) is 11.5 Å². The molecule has 20 heteroatoms. The second kappa shape index (κ2) is 26.9. The Hall–Kier alpha value is -3.26. The number of alkyl halides is 2. The van der Waals surface area contributed by atoms with Crippen molar-refractivity contribution in [3.63, 3.8) is 0 Å². The van der Waals surface area contributed by atoms with Crippen molar-refractivity contribution in [2.24, 2.45) is 0 Å². The van der Waals surface area contributed by atoms with Gasteiger partial charge in [-0.2, -0.15) is 0 Å². The third-order valence-electron chi connectivity index (χ3n) is 13.6. The molecule has 0 N–H and O–H groups in total. The molecule has 6 aliphatic rings. The summed E-state index contributed by atoms with van der Waals surface area (Å²) in [6.45, 7) is 13.3. The predicted octanol–water partition coefficient (Wildman–Crippen LogP) is 10.3. The average molecular weight is 1260 g/mol. The molecule has 6 heterocycles. The molecule has 0 spiro atoms. The number of hydrogen-bond donors (Lipinski definition) is 0. The Balaban J connectivity index is 0.00000126. The molecule has 18 nitrogen and oxygen atoms in total. The van der Waals surface area contributed by atoms with Crippen molar-refractivity contribution >= 4 is 80.6 Å². The van der Waals surface area contributed by atoms with Crippen LogP contribution in [0.2, 0.25) is 0 Å². The van der Waals surface area contributed by atoms with Gasteiger partial charge in [0.05, 0.1) is 48.9 Å². The molecular formula is C54H78I2N4O14. The van der Waals surface area contributed by atoms with Gasteiger partial charge in [0.25, 0.3) is 11.8 Å². The zero-order chi connectivity index (χ0) is 53.2. The van der Waals surface area contributed by atoms with Crippen molar-refractivity contribution in [1.82, 2.24) is 9.80 Å². The summed E-state index contributed by atoms with van der Waals surface area (Å²) < 4.78 is 64.6. The fraction of sp³-hybridized carbons (Fsp3) is 0.704. The summed E-state index contributed by atoms with van der Waals surface area (Å²) in [5.41, 5.74) is -0.369. The van der Waals surface area contributed by atoms with Gasteiger partial charge in [-0.1, -0.05) is 45.2 Å². The van der Waals surface area contributed by atoms with Gasteiger partial charge in [0, 0.05) is 39.5 Å². The summed E-state index contributed by atoms with van der Waals surface area (Å²) in [4.78, 5) is 64.0. The molecule has 0 aromatic heterocycles. The Bertz CT molecular complexity index is 2050. The minimum Gasteiger partial charge on any atom is -0.497 e. The number of anilines is 2. The van der Waals surface area contributed by atoms with Gasteiger partial charge < -0.3 is 57.2 Å². The molecule has 412 valence electrons. The Kier molecular flexibility index (Phi) is 21.2. The van der Waals surface area contributed by atoms with Crippen LogP contribution >= 0.6 is 45.2 Å². The molecule has 0 saturated carbocycles. The van der Waals surface area contributed by atoms with E-state index in [0.29, 0.717) is 112 Å². The molecule has 4 amide bonds. The van der Waals surface area contributed by atoms with Gasteiger partial charge in [-0.3, -0.25) is 9.59 Å². The summed E-state index contributed by atoms with van der Waals surface area (Å²) in [6, 6.07) is 8.76. The number of nitrogens with zero attached hydrogens (tertiary/aromatic N) is 4.